The van der Waals surface area contributed by atoms with Gasteiger partial charge < -0.3 is 19.9 Å². The summed E-state index contributed by atoms with van der Waals surface area (Å²) in [6, 6.07) is 0.0485. The predicted octanol–water partition coefficient (Wildman–Crippen LogP) is 1.15. The molecule has 10 heteroatoms. The minimum Gasteiger partial charge on any atom is -0.380 e. The largest absolute Gasteiger partial charge is 0.380 e. The number of carbonyl (C=O) groups is 1. The SMILES string of the molecule is CCn1c(-c2cnc(C)nc2)nc2c(N[C@H]3CCN(C(=O)C4(O)CC4)C3)ncnc21. The Morgan fingerprint density at radius 1 is 1.27 bits per heavy atom. The van der Waals surface area contributed by atoms with Gasteiger partial charge in [0.25, 0.3) is 5.91 Å². The molecule has 2 N–H and O–H groups in total. The van der Waals surface area contributed by atoms with Crippen LogP contribution in [0.3, 0.4) is 0 Å². The quantitative estimate of drug-likeness (QED) is 0.645. The summed E-state index contributed by atoms with van der Waals surface area (Å²) in [5, 5.41) is 13.5. The van der Waals surface area contributed by atoms with Crippen molar-refractivity contribution in [3.05, 3.63) is 24.5 Å². The Labute approximate surface area is 173 Å². The number of nitrogens with one attached hydrogen (secondary N) is 1. The number of nitrogens with zero attached hydrogens (tertiary/aromatic N) is 7. The maximum atomic E-state index is 12.4. The molecule has 10 nitrogen and oxygen atoms in total. The normalized spacial score (nSPS) is 20.0. The van der Waals surface area contributed by atoms with Crippen LogP contribution in [-0.4, -0.2) is 70.1 Å². The van der Waals surface area contributed by atoms with Gasteiger partial charge in [-0.2, -0.15) is 0 Å². The third-order valence-electron chi connectivity index (χ3n) is 5.83. The molecule has 0 bridgehead atoms. The Balaban J connectivity index is 1.43. The van der Waals surface area contributed by atoms with Crippen molar-refractivity contribution in [2.75, 3.05) is 18.4 Å². The Morgan fingerprint density at radius 2 is 2.03 bits per heavy atom. The van der Waals surface area contributed by atoms with Gasteiger partial charge in [0.05, 0.1) is 5.56 Å². The average Bonchev–Trinajstić information content (AvgIpc) is 3.17. The predicted molar refractivity (Wildman–Crippen MR) is 110 cm³/mol. The fourth-order valence-corrected chi connectivity index (χ4v) is 3.95. The minimum atomic E-state index is -1.12. The van der Waals surface area contributed by atoms with Crippen LogP contribution < -0.4 is 5.32 Å². The molecule has 1 saturated carbocycles. The Kier molecular flexibility index (Phi) is 4.39. The summed E-state index contributed by atoms with van der Waals surface area (Å²) in [6.07, 6.45) is 6.97. The van der Waals surface area contributed by atoms with E-state index in [-0.39, 0.29) is 11.9 Å². The summed E-state index contributed by atoms with van der Waals surface area (Å²) >= 11 is 0. The number of fused-ring (bicyclic) bond motifs is 1. The van der Waals surface area contributed by atoms with Crippen LogP contribution in [0.1, 0.15) is 32.0 Å². The number of hydrogen-bond acceptors (Lipinski definition) is 8. The van der Waals surface area contributed by atoms with Gasteiger partial charge in [0.2, 0.25) is 0 Å². The van der Waals surface area contributed by atoms with Crippen LogP contribution in [0.15, 0.2) is 18.7 Å². The molecule has 1 atom stereocenters. The molecule has 1 aliphatic carbocycles. The van der Waals surface area contributed by atoms with Crippen molar-refractivity contribution in [3.8, 4) is 11.4 Å². The number of aryl methyl sites for hydroxylation is 2. The van der Waals surface area contributed by atoms with Gasteiger partial charge in [-0.15, -0.1) is 0 Å². The van der Waals surface area contributed by atoms with Gasteiger partial charge in [-0.05, 0) is 33.1 Å². The Morgan fingerprint density at radius 3 is 2.73 bits per heavy atom. The summed E-state index contributed by atoms with van der Waals surface area (Å²) in [7, 11) is 0. The first kappa shape index (κ1) is 18.9. The van der Waals surface area contributed by atoms with Crippen LogP contribution in [0.25, 0.3) is 22.6 Å². The zero-order valence-corrected chi connectivity index (χ0v) is 17.0. The monoisotopic (exact) mass is 408 g/mol. The number of rotatable bonds is 5. The van der Waals surface area contributed by atoms with E-state index in [2.05, 4.69) is 25.3 Å². The highest BCUT2D eigenvalue weighted by atomic mass is 16.3. The van der Waals surface area contributed by atoms with E-state index in [0.29, 0.717) is 49.6 Å². The van der Waals surface area contributed by atoms with Crippen molar-refractivity contribution in [1.29, 1.82) is 0 Å². The van der Waals surface area contributed by atoms with Gasteiger partial charge in [-0.1, -0.05) is 0 Å². The molecule has 0 aromatic carbocycles. The summed E-state index contributed by atoms with van der Waals surface area (Å²) in [6.45, 7) is 5.75. The lowest BCUT2D eigenvalue weighted by atomic mass is 10.2. The second-order valence-corrected chi connectivity index (χ2v) is 8.01. The van der Waals surface area contributed by atoms with Crippen LogP contribution >= 0.6 is 0 Å². The van der Waals surface area contributed by atoms with Crippen molar-refractivity contribution in [1.82, 2.24) is 34.4 Å². The van der Waals surface area contributed by atoms with Gasteiger partial charge >= 0.3 is 0 Å². The van der Waals surface area contributed by atoms with Crippen molar-refractivity contribution in [3.63, 3.8) is 0 Å². The summed E-state index contributed by atoms with van der Waals surface area (Å²) in [5.74, 6) is 1.94. The van der Waals surface area contributed by atoms with E-state index < -0.39 is 5.60 Å². The van der Waals surface area contributed by atoms with Crippen molar-refractivity contribution in [2.24, 2.45) is 0 Å². The van der Waals surface area contributed by atoms with Gasteiger partial charge in [0.1, 0.15) is 23.6 Å². The van der Waals surface area contributed by atoms with Crippen molar-refractivity contribution in [2.45, 2.75) is 51.3 Å². The number of anilines is 1. The zero-order valence-electron chi connectivity index (χ0n) is 17.0. The molecule has 3 aromatic rings. The molecule has 156 valence electrons. The molecular formula is C20H24N8O2. The smallest absolute Gasteiger partial charge is 0.254 e. The lowest BCUT2D eigenvalue weighted by Gasteiger charge is -2.20. The lowest BCUT2D eigenvalue weighted by molar-refractivity contribution is -0.141. The highest BCUT2D eigenvalue weighted by molar-refractivity contribution is 5.88. The van der Waals surface area contributed by atoms with Crippen LogP contribution in [-0.2, 0) is 11.3 Å². The first-order valence-corrected chi connectivity index (χ1v) is 10.3. The maximum Gasteiger partial charge on any atom is 0.254 e. The summed E-state index contributed by atoms with van der Waals surface area (Å²) in [5.41, 5.74) is 1.12. The number of aromatic nitrogens is 6. The molecule has 0 unspecified atom stereocenters. The van der Waals surface area contributed by atoms with E-state index in [1.54, 1.807) is 17.3 Å². The van der Waals surface area contributed by atoms with E-state index in [0.717, 1.165) is 23.5 Å². The van der Waals surface area contributed by atoms with Crippen LogP contribution in [0.2, 0.25) is 0 Å². The molecule has 1 aliphatic heterocycles. The number of amides is 1. The van der Waals surface area contributed by atoms with E-state index in [4.69, 9.17) is 4.98 Å². The second-order valence-electron chi connectivity index (χ2n) is 8.01. The molecule has 4 heterocycles. The van der Waals surface area contributed by atoms with Crippen molar-refractivity contribution >= 4 is 22.9 Å². The molecule has 1 amide bonds. The second kappa shape index (κ2) is 6.98. The lowest BCUT2D eigenvalue weighted by Crippen LogP contribution is -2.40. The van der Waals surface area contributed by atoms with Gasteiger partial charge in [-0.3, -0.25) is 4.79 Å². The van der Waals surface area contributed by atoms with E-state index >= 15 is 0 Å². The van der Waals surface area contributed by atoms with Crippen molar-refractivity contribution < 1.29 is 9.90 Å². The van der Waals surface area contributed by atoms with Crippen LogP contribution in [0.4, 0.5) is 5.82 Å². The highest BCUT2D eigenvalue weighted by Gasteiger charge is 2.51. The topological polar surface area (TPSA) is 122 Å². The third-order valence-corrected chi connectivity index (χ3v) is 5.83. The molecule has 1 saturated heterocycles. The standard InChI is InChI=1S/C20H24N8O2/c1-3-28-17(13-8-21-12(2)22-9-13)26-15-16(23-11-24-18(15)28)25-14-4-7-27(10-14)19(29)20(30)5-6-20/h8-9,11,14,30H,3-7,10H2,1-2H3,(H,23,24,25)/t14-/m0/s1. The van der Waals surface area contributed by atoms with Gasteiger partial charge in [0.15, 0.2) is 17.0 Å². The summed E-state index contributed by atoms with van der Waals surface area (Å²) in [4.78, 5) is 36.4. The Bertz CT molecular complexity index is 1110. The number of carbonyl (C=O) groups excluding carboxylic acids is 1. The first-order valence-electron chi connectivity index (χ1n) is 10.3. The fourth-order valence-electron chi connectivity index (χ4n) is 3.95. The number of hydrogen-bond donors (Lipinski definition) is 2. The third kappa shape index (κ3) is 3.17. The molecule has 0 spiro atoms. The summed E-state index contributed by atoms with van der Waals surface area (Å²) < 4.78 is 2.02. The highest BCUT2D eigenvalue weighted by Crippen LogP contribution is 2.38. The molecule has 5 rings (SSSR count). The first-order chi connectivity index (χ1) is 14.5. The Hall–Kier alpha value is -3.14. The number of imidazole rings is 1. The molecule has 30 heavy (non-hydrogen) atoms. The molecule has 0 radical (unpaired) electrons. The average molecular weight is 408 g/mol. The minimum absolute atomic E-state index is 0.0485. The van der Waals surface area contributed by atoms with Gasteiger partial charge in [-0.25, -0.2) is 24.9 Å². The molecular weight excluding hydrogens is 384 g/mol. The number of aliphatic hydroxyl groups is 1. The number of likely N-dealkylation sites (tertiary alicyclic amines) is 1. The van der Waals surface area contributed by atoms with E-state index in [9.17, 15) is 9.90 Å². The maximum absolute atomic E-state index is 12.4. The zero-order chi connectivity index (χ0) is 20.9. The molecule has 3 aromatic heterocycles. The van der Waals surface area contributed by atoms with E-state index in [1.165, 1.54) is 6.33 Å². The van der Waals surface area contributed by atoms with Crippen LogP contribution in [0.5, 0.6) is 0 Å². The van der Waals surface area contributed by atoms with E-state index in [1.807, 2.05) is 18.4 Å². The fraction of sp³-hybridized carbons (Fsp3) is 0.500. The molecule has 2 aliphatic rings. The van der Waals surface area contributed by atoms with Crippen LogP contribution in [0, 0.1) is 6.92 Å². The molecule has 2 fully saturated rings. The van der Waals surface area contributed by atoms with Gasteiger partial charge in [0, 0.05) is 38.1 Å².